The second-order valence-corrected chi connectivity index (χ2v) is 7.46. The maximum Gasteiger partial charge on any atom is 0.381 e. The highest BCUT2D eigenvalue weighted by atomic mass is 32.1. The quantitative estimate of drug-likeness (QED) is 0.479. The number of ether oxygens (including phenoxy) is 1. The maximum atomic E-state index is 12.6. The molecule has 1 amide bonds. The standard InChI is InChI=1S/C18H22N6O4S/c1-10(7-8-19)20-17-23-24-18(29-17)22-15(25)13-9-12(14(27-2)16(26)28-13)21-11-5-3-4-6-11/h7-9,11,19,21H,3-6H2,1-2H3,(H,20,23)(H,22,24,25)/b10-7-,19-8?. The number of anilines is 3. The first-order valence-electron chi connectivity index (χ1n) is 9.08. The largest absolute Gasteiger partial charge is 0.488 e. The monoisotopic (exact) mass is 418 g/mol. The molecule has 3 rings (SSSR count). The number of rotatable bonds is 8. The van der Waals surface area contributed by atoms with E-state index in [-0.39, 0.29) is 22.7 Å². The van der Waals surface area contributed by atoms with Gasteiger partial charge in [-0.25, -0.2) is 4.79 Å². The Kier molecular flexibility index (Phi) is 6.60. The Morgan fingerprint density at radius 3 is 2.66 bits per heavy atom. The molecular formula is C18H22N6O4S. The maximum absolute atomic E-state index is 12.6. The van der Waals surface area contributed by atoms with Gasteiger partial charge in [0.1, 0.15) is 0 Å². The number of carbonyl (C=O) groups excluding carboxylic acids is 1. The molecule has 4 N–H and O–H groups in total. The summed E-state index contributed by atoms with van der Waals surface area (Å²) in [7, 11) is 1.39. The van der Waals surface area contributed by atoms with Crippen LogP contribution in [0.4, 0.5) is 16.0 Å². The number of nitrogens with zero attached hydrogens (tertiary/aromatic N) is 2. The smallest absolute Gasteiger partial charge is 0.381 e. The van der Waals surface area contributed by atoms with Gasteiger partial charge in [-0.05, 0) is 25.8 Å². The number of hydrogen-bond donors (Lipinski definition) is 4. The van der Waals surface area contributed by atoms with Crippen LogP contribution in [-0.2, 0) is 0 Å². The van der Waals surface area contributed by atoms with Crippen molar-refractivity contribution < 1.29 is 13.9 Å². The van der Waals surface area contributed by atoms with Crippen LogP contribution in [0.2, 0.25) is 0 Å². The topological polar surface area (TPSA) is 142 Å². The number of hydrogen-bond acceptors (Lipinski definition) is 10. The summed E-state index contributed by atoms with van der Waals surface area (Å²) in [5.41, 5.74) is 0.415. The average Bonchev–Trinajstić information content (AvgIpc) is 3.34. The lowest BCUT2D eigenvalue weighted by atomic mass is 10.2. The van der Waals surface area contributed by atoms with Crippen molar-refractivity contribution in [1.82, 2.24) is 10.2 Å². The highest BCUT2D eigenvalue weighted by molar-refractivity contribution is 7.19. The molecule has 0 radical (unpaired) electrons. The van der Waals surface area contributed by atoms with Crippen LogP contribution in [-0.4, -0.2) is 35.5 Å². The molecule has 0 bridgehead atoms. The van der Waals surface area contributed by atoms with E-state index < -0.39 is 11.5 Å². The highest BCUT2D eigenvalue weighted by Gasteiger charge is 2.22. The number of aromatic nitrogens is 2. The number of nitrogens with one attached hydrogen (secondary N) is 4. The molecule has 2 aromatic heterocycles. The molecule has 2 aromatic rings. The van der Waals surface area contributed by atoms with Gasteiger partial charge in [0.25, 0.3) is 5.91 Å². The van der Waals surface area contributed by atoms with E-state index in [0.29, 0.717) is 16.5 Å². The van der Waals surface area contributed by atoms with Gasteiger partial charge in [-0.3, -0.25) is 10.1 Å². The fourth-order valence-corrected chi connectivity index (χ4v) is 3.71. The fourth-order valence-electron chi connectivity index (χ4n) is 3.00. The fraction of sp³-hybridized carbons (Fsp3) is 0.389. The summed E-state index contributed by atoms with van der Waals surface area (Å²) in [5, 5.41) is 24.3. The minimum atomic E-state index is -0.729. The average molecular weight is 418 g/mol. The summed E-state index contributed by atoms with van der Waals surface area (Å²) in [6, 6.07) is 1.70. The van der Waals surface area contributed by atoms with Gasteiger partial charge in [0.15, 0.2) is 5.76 Å². The number of amides is 1. The van der Waals surface area contributed by atoms with Crippen LogP contribution in [0.3, 0.4) is 0 Å². The minimum absolute atomic E-state index is 0.0457. The van der Waals surface area contributed by atoms with Crippen LogP contribution in [0.25, 0.3) is 0 Å². The van der Waals surface area contributed by atoms with Crippen molar-refractivity contribution in [1.29, 1.82) is 5.41 Å². The molecule has 0 atom stereocenters. The molecule has 154 valence electrons. The molecule has 1 aliphatic carbocycles. The Balaban J connectivity index is 1.76. The van der Waals surface area contributed by atoms with Gasteiger partial charge in [0.05, 0.1) is 12.8 Å². The molecule has 10 nitrogen and oxygen atoms in total. The van der Waals surface area contributed by atoms with Crippen LogP contribution < -0.4 is 26.3 Å². The Bertz CT molecular complexity index is 977. The number of carbonyl (C=O) groups is 1. The normalized spacial score (nSPS) is 14.5. The predicted octanol–water partition coefficient (Wildman–Crippen LogP) is 3.07. The molecule has 1 saturated carbocycles. The van der Waals surface area contributed by atoms with E-state index in [1.165, 1.54) is 13.2 Å². The van der Waals surface area contributed by atoms with Crippen LogP contribution in [0.1, 0.15) is 43.2 Å². The molecule has 0 unspecified atom stereocenters. The van der Waals surface area contributed by atoms with E-state index in [2.05, 4.69) is 26.1 Å². The highest BCUT2D eigenvalue weighted by Crippen LogP contribution is 2.28. The van der Waals surface area contributed by atoms with Gasteiger partial charge in [-0.2, -0.15) is 0 Å². The molecule has 0 aromatic carbocycles. The first kappa shape index (κ1) is 20.5. The molecule has 29 heavy (non-hydrogen) atoms. The van der Waals surface area contributed by atoms with Crippen molar-refractivity contribution in [3.05, 3.63) is 34.0 Å². The zero-order chi connectivity index (χ0) is 20.8. The van der Waals surface area contributed by atoms with Gasteiger partial charge in [-0.15, -0.1) is 10.2 Å². The lowest BCUT2D eigenvalue weighted by molar-refractivity contribution is 0.0991. The molecule has 1 fully saturated rings. The van der Waals surface area contributed by atoms with Crippen LogP contribution >= 0.6 is 11.3 Å². The first-order valence-corrected chi connectivity index (χ1v) is 9.89. The summed E-state index contributed by atoms with van der Waals surface area (Å²) in [5.74, 6) is -0.723. The molecule has 0 spiro atoms. The van der Waals surface area contributed by atoms with E-state index >= 15 is 0 Å². The van der Waals surface area contributed by atoms with E-state index in [9.17, 15) is 9.59 Å². The lowest BCUT2D eigenvalue weighted by Crippen LogP contribution is -2.20. The Morgan fingerprint density at radius 1 is 1.31 bits per heavy atom. The summed E-state index contributed by atoms with van der Waals surface area (Å²) < 4.78 is 10.3. The minimum Gasteiger partial charge on any atom is -0.488 e. The van der Waals surface area contributed by atoms with Crippen LogP contribution in [0.5, 0.6) is 5.75 Å². The van der Waals surface area contributed by atoms with Gasteiger partial charge in [0, 0.05) is 24.0 Å². The van der Waals surface area contributed by atoms with Gasteiger partial charge < -0.3 is 25.2 Å². The van der Waals surface area contributed by atoms with Crippen LogP contribution in [0, 0.1) is 5.41 Å². The molecule has 11 heteroatoms. The second-order valence-electron chi connectivity index (χ2n) is 6.48. The SMILES string of the molecule is COc1c(NC2CCCC2)cc(C(=O)Nc2nnc(N/C(C)=C\C=N)s2)oc1=O. The van der Waals surface area contributed by atoms with Crippen molar-refractivity contribution in [2.75, 3.05) is 23.1 Å². The summed E-state index contributed by atoms with van der Waals surface area (Å²) in [4.78, 5) is 24.8. The Hall–Kier alpha value is -3.21. The summed E-state index contributed by atoms with van der Waals surface area (Å²) >= 11 is 1.11. The first-order chi connectivity index (χ1) is 14.0. The van der Waals surface area contributed by atoms with Gasteiger partial charge in [0.2, 0.25) is 16.0 Å². The number of methoxy groups -OCH3 is 1. The van der Waals surface area contributed by atoms with Gasteiger partial charge in [-0.1, -0.05) is 24.2 Å². The van der Waals surface area contributed by atoms with Crippen molar-refractivity contribution in [2.45, 2.75) is 38.6 Å². The predicted molar refractivity (Wildman–Crippen MR) is 111 cm³/mol. The van der Waals surface area contributed by atoms with Crippen molar-refractivity contribution in [2.24, 2.45) is 0 Å². The van der Waals surface area contributed by atoms with E-state index in [1.54, 1.807) is 13.0 Å². The molecule has 0 saturated heterocycles. The third-order valence-corrected chi connectivity index (χ3v) is 5.09. The second kappa shape index (κ2) is 9.32. The molecule has 1 aliphatic rings. The Labute approximate surface area is 170 Å². The summed E-state index contributed by atoms with van der Waals surface area (Å²) in [6.45, 7) is 1.77. The van der Waals surface area contributed by atoms with Crippen molar-refractivity contribution in [3.8, 4) is 5.75 Å². The number of allylic oxidation sites excluding steroid dienone is 2. The zero-order valence-electron chi connectivity index (χ0n) is 16.1. The molecule has 2 heterocycles. The molecular weight excluding hydrogens is 396 g/mol. The van der Waals surface area contributed by atoms with Crippen molar-refractivity contribution in [3.63, 3.8) is 0 Å². The van der Waals surface area contributed by atoms with Crippen LogP contribution in [0.15, 0.2) is 27.1 Å². The van der Waals surface area contributed by atoms with E-state index in [1.807, 2.05) is 0 Å². The van der Waals surface area contributed by atoms with Gasteiger partial charge >= 0.3 is 5.63 Å². The van der Waals surface area contributed by atoms with Crippen molar-refractivity contribution >= 4 is 39.4 Å². The van der Waals surface area contributed by atoms with E-state index in [0.717, 1.165) is 43.2 Å². The van der Waals surface area contributed by atoms with E-state index in [4.69, 9.17) is 14.6 Å². The molecule has 0 aliphatic heterocycles. The zero-order valence-corrected chi connectivity index (χ0v) is 16.9. The lowest BCUT2D eigenvalue weighted by Gasteiger charge is -2.16. The Morgan fingerprint density at radius 2 is 2.00 bits per heavy atom. The summed E-state index contributed by atoms with van der Waals surface area (Å²) in [6.07, 6.45) is 6.95. The third kappa shape index (κ3) is 5.19. The third-order valence-electron chi connectivity index (χ3n) is 4.33.